The van der Waals surface area contributed by atoms with Crippen LogP contribution in [0, 0.1) is 17.8 Å². The van der Waals surface area contributed by atoms with E-state index in [1.807, 2.05) is 0 Å². The molecule has 0 aliphatic carbocycles. The maximum absolute atomic E-state index is 11.8. The molecule has 0 aromatic carbocycles. The van der Waals surface area contributed by atoms with Crippen molar-refractivity contribution < 1.29 is 44.5 Å². The second-order valence-electron chi connectivity index (χ2n) is 6.34. The second kappa shape index (κ2) is 9.04. The minimum atomic E-state index is -1.52. The molecule has 0 saturated carbocycles. The largest absolute Gasteiger partial charge is 0.465 e. The molecule has 0 amide bonds. The standard InChI is InChI=1S/C16H26O9/c1-2-8(9-3-4-23-15(22)10(9)5-17)7-24-16-14(21)13(20)12(19)11(6-18)25-16/h2,8-14,16-21H,1,3-7H2/t8-,9-,10+,11+,12+,13-,14+,16+/m0/s1. The van der Waals surface area contributed by atoms with Crippen molar-refractivity contribution in [1.82, 2.24) is 0 Å². The lowest BCUT2D eigenvalue weighted by molar-refractivity contribution is -0.303. The summed E-state index contributed by atoms with van der Waals surface area (Å²) in [5.74, 6) is -1.72. The van der Waals surface area contributed by atoms with E-state index in [1.165, 1.54) is 0 Å². The van der Waals surface area contributed by atoms with E-state index >= 15 is 0 Å². The van der Waals surface area contributed by atoms with Crippen molar-refractivity contribution >= 4 is 5.97 Å². The quantitative estimate of drug-likeness (QED) is 0.251. The first kappa shape index (κ1) is 20.2. The van der Waals surface area contributed by atoms with Crippen molar-refractivity contribution in [1.29, 1.82) is 0 Å². The third-order valence-electron chi connectivity index (χ3n) is 4.87. The molecule has 0 radical (unpaired) electrons. The molecule has 0 bridgehead atoms. The van der Waals surface area contributed by atoms with Gasteiger partial charge in [-0.25, -0.2) is 0 Å². The van der Waals surface area contributed by atoms with Crippen molar-refractivity contribution in [3.05, 3.63) is 12.7 Å². The van der Waals surface area contributed by atoms with Gasteiger partial charge in [-0.15, -0.1) is 6.58 Å². The topological polar surface area (TPSA) is 146 Å². The van der Waals surface area contributed by atoms with Crippen molar-refractivity contribution in [2.75, 3.05) is 26.4 Å². The lowest BCUT2D eigenvalue weighted by Crippen LogP contribution is -2.59. The van der Waals surface area contributed by atoms with Crippen LogP contribution in [0.1, 0.15) is 6.42 Å². The number of hydrogen-bond acceptors (Lipinski definition) is 9. The van der Waals surface area contributed by atoms with Gasteiger partial charge < -0.3 is 39.7 Å². The predicted octanol–water partition coefficient (Wildman–Crippen LogP) is -2.22. The normalized spacial score (nSPS) is 40.4. The molecule has 9 heteroatoms. The minimum absolute atomic E-state index is 0.0145. The Morgan fingerprint density at radius 1 is 1.20 bits per heavy atom. The molecule has 25 heavy (non-hydrogen) atoms. The van der Waals surface area contributed by atoms with E-state index in [0.717, 1.165) is 0 Å². The van der Waals surface area contributed by atoms with Crippen LogP contribution in [-0.4, -0.2) is 88.6 Å². The Morgan fingerprint density at radius 3 is 2.52 bits per heavy atom. The third-order valence-corrected chi connectivity index (χ3v) is 4.87. The van der Waals surface area contributed by atoms with Crippen LogP contribution in [0.4, 0.5) is 0 Å². The molecular weight excluding hydrogens is 336 g/mol. The molecular formula is C16H26O9. The van der Waals surface area contributed by atoms with Crippen LogP contribution in [0.25, 0.3) is 0 Å². The number of cyclic esters (lactones) is 1. The highest BCUT2D eigenvalue weighted by atomic mass is 16.7. The van der Waals surface area contributed by atoms with Crippen LogP contribution in [0.15, 0.2) is 12.7 Å². The molecule has 2 fully saturated rings. The molecule has 2 heterocycles. The Bertz CT molecular complexity index is 455. The summed E-state index contributed by atoms with van der Waals surface area (Å²) in [6, 6.07) is 0. The Labute approximate surface area is 145 Å². The molecule has 9 nitrogen and oxygen atoms in total. The average molecular weight is 362 g/mol. The summed E-state index contributed by atoms with van der Waals surface area (Å²) < 4.78 is 15.7. The van der Waals surface area contributed by atoms with E-state index in [4.69, 9.17) is 14.2 Å². The Kier molecular flexibility index (Phi) is 7.32. The number of aliphatic hydroxyl groups is 5. The van der Waals surface area contributed by atoms with Gasteiger partial charge in [-0.2, -0.15) is 0 Å². The Morgan fingerprint density at radius 2 is 1.92 bits per heavy atom. The van der Waals surface area contributed by atoms with E-state index in [0.29, 0.717) is 6.42 Å². The van der Waals surface area contributed by atoms with Crippen LogP contribution >= 0.6 is 0 Å². The molecule has 5 N–H and O–H groups in total. The highest BCUT2D eigenvalue weighted by Gasteiger charge is 2.45. The molecule has 2 aliphatic rings. The zero-order chi connectivity index (χ0) is 18.6. The van der Waals surface area contributed by atoms with Crippen molar-refractivity contribution in [2.45, 2.75) is 37.1 Å². The van der Waals surface area contributed by atoms with Gasteiger partial charge in [0.25, 0.3) is 0 Å². The molecule has 0 unspecified atom stereocenters. The lowest BCUT2D eigenvalue weighted by Gasteiger charge is -2.40. The zero-order valence-corrected chi connectivity index (χ0v) is 13.8. The van der Waals surface area contributed by atoms with Crippen LogP contribution < -0.4 is 0 Å². The average Bonchev–Trinajstić information content (AvgIpc) is 2.62. The van der Waals surface area contributed by atoms with Gasteiger partial charge in [0.2, 0.25) is 0 Å². The molecule has 0 aromatic rings. The summed E-state index contributed by atoms with van der Waals surface area (Å²) in [5.41, 5.74) is 0. The van der Waals surface area contributed by atoms with Gasteiger partial charge in [0.15, 0.2) is 6.29 Å². The number of carbonyl (C=O) groups excluding carboxylic acids is 1. The molecule has 0 spiro atoms. The minimum Gasteiger partial charge on any atom is -0.465 e. The summed E-state index contributed by atoms with van der Waals surface area (Å²) in [4.78, 5) is 11.8. The van der Waals surface area contributed by atoms with Crippen molar-refractivity contribution in [2.24, 2.45) is 17.8 Å². The summed E-state index contributed by atoms with van der Waals surface area (Å²) >= 11 is 0. The number of ether oxygens (including phenoxy) is 3. The highest BCUT2D eigenvalue weighted by Crippen LogP contribution is 2.32. The Hall–Kier alpha value is -1.07. The van der Waals surface area contributed by atoms with Crippen molar-refractivity contribution in [3.63, 3.8) is 0 Å². The van der Waals surface area contributed by atoms with Gasteiger partial charge >= 0.3 is 5.97 Å². The van der Waals surface area contributed by atoms with Crippen molar-refractivity contribution in [3.8, 4) is 0 Å². The summed E-state index contributed by atoms with van der Waals surface area (Å²) in [5, 5.41) is 48.1. The van der Waals surface area contributed by atoms with Gasteiger partial charge in [-0.1, -0.05) is 6.08 Å². The maximum Gasteiger partial charge on any atom is 0.311 e. The SMILES string of the molecule is C=C[C@@H](CO[C@@H]1O[C@H](CO)[C@@H](O)[C@H](O)[C@H]1O)[C@@H]1CCOC(=O)[C@@H]1CO. The first-order chi connectivity index (χ1) is 11.9. The van der Waals surface area contributed by atoms with Crippen LogP contribution in [0.5, 0.6) is 0 Å². The molecule has 2 aliphatic heterocycles. The number of esters is 1. The zero-order valence-electron chi connectivity index (χ0n) is 13.8. The van der Waals surface area contributed by atoms with Gasteiger partial charge in [0.1, 0.15) is 24.4 Å². The third kappa shape index (κ3) is 4.37. The molecule has 8 atom stereocenters. The van der Waals surface area contributed by atoms with E-state index in [1.54, 1.807) is 6.08 Å². The van der Waals surface area contributed by atoms with Crippen LogP contribution in [0.2, 0.25) is 0 Å². The smallest absolute Gasteiger partial charge is 0.311 e. The molecule has 2 saturated heterocycles. The maximum atomic E-state index is 11.8. The summed E-state index contributed by atoms with van der Waals surface area (Å²) in [6.07, 6.45) is -4.65. The second-order valence-corrected chi connectivity index (χ2v) is 6.34. The lowest BCUT2D eigenvalue weighted by atomic mass is 9.78. The first-order valence-corrected chi connectivity index (χ1v) is 8.26. The monoisotopic (exact) mass is 362 g/mol. The van der Waals surface area contributed by atoms with Gasteiger partial charge in [-0.3, -0.25) is 4.79 Å². The fourth-order valence-corrected chi connectivity index (χ4v) is 3.28. The van der Waals surface area contributed by atoms with Crippen LogP contribution in [-0.2, 0) is 19.0 Å². The predicted molar refractivity (Wildman–Crippen MR) is 83.0 cm³/mol. The van der Waals surface area contributed by atoms with Gasteiger partial charge in [0, 0.05) is 5.92 Å². The molecule has 0 aromatic heterocycles. The number of aliphatic hydroxyl groups excluding tert-OH is 5. The van der Waals surface area contributed by atoms with E-state index in [-0.39, 0.29) is 31.7 Å². The first-order valence-electron chi connectivity index (χ1n) is 8.26. The number of rotatable bonds is 7. The van der Waals surface area contributed by atoms with E-state index in [9.17, 15) is 30.3 Å². The van der Waals surface area contributed by atoms with E-state index < -0.39 is 49.2 Å². The van der Waals surface area contributed by atoms with Gasteiger partial charge in [-0.05, 0) is 12.3 Å². The van der Waals surface area contributed by atoms with Crippen LogP contribution in [0.3, 0.4) is 0 Å². The fourth-order valence-electron chi connectivity index (χ4n) is 3.28. The Balaban J connectivity index is 1.99. The number of carbonyl (C=O) groups is 1. The highest BCUT2D eigenvalue weighted by molar-refractivity contribution is 5.73. The van der Waals surface area contributed by atoms with E-state index in [2.05, 4.69) is 6.58 Å². The van der Waals surface area contributed by atoms with Gasteiger partial charge in [0.05, 0.1) is 32.3 Å². The fraction of sp³-hybridized carbons (Fsp3) is 0.812. The molecule has 144 valence electrons. The summed E-state index contributed by atoms with van der Waals surface area (Å²) in [7, 11) is 0. The summed E-state index contributed by atoms with van der Waals surface area (Å²) in [6.45, 7) is 3.08. The number of hydrogen-bond donors (Lipinski definition) is 5. The molecule has 2 rings (SSSR count).